The van der Waals surface area contributed by atoms with E-state index < -0.39 is 32.5 Å². The molecule has 2 unspecified atom stereocenters. The number of rotatable bonds is 29. The van der Waals surface area contributed by atoms with Crippen LogP contribution in [0.15, 0.2) is 36.5 Å². The third-order valence-electron chi connectivity index (χ3n) is 6.67. The molecular weight excluding hydrogens is 581 g/mol. The van der Waals surface area contributed by atoms with Gasteiger partial charge in [0.15, 0.2) is 6.10 Å². The standard InChI is InChI=1S/C34H62NO8P/c1-6-8-10-11-12-13-14-15-16-17-18-19-20-21-22-23-25-27-34(37)43-32(30-40-33(36)26-24-9-7-2)31-42-44(38,39)41-29-28-35(3,4)5/h8,10,12-13,15-16,32H,6-7,9,11,14,17-31H2,1-5H3/b10-8-,13-12-,16-15-. The molecule has 0 aliphatic rings. The van der Waals surface area contributed by atoms with Gasteiger partial charge >= 0.3 is 11.9 Å². The lowest BCUT2D eigenvalue weighted by Crippen LogP contribution is -2.37. The minimum atomic E-state index is -4.60. The van der Waals surface area contributed by atoms with Crippen molar-refractivity contribution in [2.24, 2.45) is 0 Å². The van der Waals surface area contributed by atoms with Crippen molar-refractivity contribution in [3.05, 3.63) is 36.5 Å². The predicted octanol–water partition coefficient (Wildman–Crippen LogP) is 7.60. The zero-order valence-corrected chi connectivity index (χ0v) is 29.2. The maximum atomic E-state index is 12.5. The second kappa shape index (κ2) is 27.5. The molecule has 0 N–H and O–H groups in total. The van der Waals surface area contributed by atoms with Crippen LogP contribution in [0.4, 0.5) is 0 Å². The van der Waals surface area contributed by atoms with Gasteiger partial charge in [0.2, 0.25) is 0 Å². The Bertz CT molecular complexity index is 866. The van der Waals surface area contributed by atoms with Gasteiger partial charge in [-0.05, 0) is 44.9 Å². The first-order chi connectivity index (χ1) is 21.0. The Morgan fingerprint density at radius 3 is 1.93 bits per heavy atom. The number of allylic oxidation sites excluding steroid dienone is 6. The molecule has 0 saturated carbocycles. The zero-order valence-electron chi connectivity index (χ0n) is 28.3. The largest absolute Gasteiger partial charge is 0.756 e. The summed E-state index contributed by atoms with van der Waals surface area (Å²) in [5.41, 5.74) is 0. The summed E-state index contributed by atoms with van der Waals surface area (Å²) >= 11 is 0. The maximum absolute atomic E-state index is 12.5. The Morgan fingerprint density at radius 1 is 0.727 bits per heavy atom. The molecule has 0 radical (unpaired) electrons. The van der Waals surface area contributed by atoms with Gasteiger partial charge in [0, 0.05) is 12.8 Å². The van der Waals surface area contributed by atoms with Crippen molar-refractivity contribution in [2.75, 3.05) is 47.5 Å². The van der Waals surface area contributed by atoms with Crippen LogP contribution in [-0.2, 0) is 32.7 Å². The SMILES string of the molecule is CC/C=C\C/C=C\C/C=C\CCCCCCCCCC(=O)OC(COC(=O)CCCCC)COP(=O)([O-])OCC[N+](C)(C)C. The number of hydrogen-bond donors (Lipinski definition) is 0. The quantitative estimate of drug-likeness (QED) is 0.0269. The van der Waals surface area contributed by atoms with E-state index in [4.69, 9.17) is 18.5 Å². The molecule has 0 rings (SSSR count). The molecule has 0 aromatic carbocycles. The Hall–Kier alpha value is -1.77. The lowest BCUT2D eigenvalue weighted by atomic mass is 10.1. The van der Waals surface area contributed by atoms with Gasteiger partial charge in [-0.2, -0.15) is 0 Å². The van der Waals surface area contributed by atoms with Gasteiger partial charge in [-0.15, -0.1) is 0 Å². The minimum Gasteiger partial charge on any atom is -0.756 e. The fourth-order valence-electron chi connectivity index (χ4n) is 4.02. The molecule has 0 spiro atoms. The van der Waals surface area contributed by atoms with Crippen molar-refractivity contribution in [1.82, 2.24) is 0 Å². The number of quaternary nitrogens is 1. The fourth-order valence-corrected chi connectivity index (χ4v) is 4.75. The Morgan fingerprint density at radius 2 is 1.30 bits per heavy atom. The highest BCUT2D eigenvalue weighted by molar-refractivity contribution is 7.45. The van der Waals surface area contributed by atoms with E-state index in [-0.39, 0.29) is 26.1 Å². The van der Waals surface area contributed by atoms with Crippen molar-refractivity contribution >= 4 is 19.8 Å². The van der Waals surface area contributed by atoms with Crippen molar-refractivity contribution in [3.8, 4) is 0 Å². The first-order valence-electron chi connectivity index (χ1n) is 16.7. The normalized spacial score (nSPS) is 14.4. The van der Waals surface area contributed by atoms with Crippen LogP contribution in [0.5, 0.6) is 0 Å². The highest BCUT2D eigenvalue weighted by Crippen LogP contribution is 2.38. The van der Waals surface area contributed by atoms with Gasteiger partial charge in [-0.25, -0.2) is 0 Å². The van der Waals surface area contributed by atoms with Crippen LogP contribution >= 0.6 is 7.82 Å². The van der Waals surface area contributed by atoms with E-state index in [1.165, 1.54) is 19.3 Å². The maximum Gasteiger partial charge on any atom is 0.306 e. The van der Waals surface area contributed by atoms with Gasteiger partial charge in [0.05, 0.1) is 27.7 Å². The molecular formula is C34H62NO8P. The Kier molecular flexibility index (Phi) is 26.4. The predicted molar refractivity (Wildman–Crippen MR) is 176 cm³/mol. The molecule has 0 aromatic rings. The number of phosphoric acid groups is 1. The third-order valence-corrected chi connectivity index (χ3v) is 7.64. The van der Waals surface area contributed by atoms with Crippen LogP contribution < -0.4 is 4.89 Å². The van der Waals surface area contributed by atoms with Crippen LogP contribution in [0.3, 0.4) is 0 Å². The van der Waals surface area contributed by atoms with E-state index >= 15 is 0 Å². The number of carbonyl (C=O) groups is 2. The molecule has 0 saturated heterocycles. The summed E-state index contributed by atoms with van der Waals surface area (Å²) in [4.78, 5) is 36.7. The number of esters is 2. The molecule has 256 valence electrons. The number of ether oxygens (including phenoxy) is 2. The summed E-state index contributed by atoms with van der Waals surface area (Å²) in [5.74, 6) is -0.880. The summed E-state index contributed by atoms with van der Waals surface area (Å²) in [7, 11) is 1.15. The van der Waals surface area contributed by atoms with Gasteiger partial charge in [-0.1, -0.05) is 95.2 Å². The smallest absolute Gasteiger partial charge is 0.306 e. The second-order valence-corrected chi connectivity index (χ2v) is 13.6. The van der Waals surface area contributed by atoms with Gasteiger partial charge < -0.3 is 27.9 Å². The van der Waals surface area contributed by atoms with Crippen LogP contribution in [0.1, 0.15) is 117 Å². The summed E-state index contributed by atoms with van der Waals surface area (Å²) in [5, 5.41) is 0. The van der Waals surface area contributed by atoms with Crippen molar-refractivity contribution in [1.29, 1.82) is 0 Å². The molecule has 0 aliphatic carbocycles. The molecule has 0 aliphatic heterocycles. The molecule has 0 heterocycles. The minimum absolute atomic E-state index is 0.0341. The van der Waals surface area contributed by atoms with E-state index in [9.17, 15) is 19.0 Å². The van der Waals surface area contributed by atoms with Crippen molar-refractivity contribution in [3.63, 3.8) is 0 Å². The van der Waals surface area contributed by atoms with E-state index in [0.29, 0.717) is 23.9 Å². The topological polar surface area (TPSA) is 111 Å². The molecule has 2 atom stereocenters. The zero-order chi connectivity index (χ0) is 32.9. The molecule has 44 heavy (non-hydrogen) atoms. The van der Waals surface area contributed by atoms with Crippen LogP contribution in [0.25, 0.3) is 0 Å². The average molecular weight is 644 g/mol. The lowest BCUT2D eigenvalue weighted by molar-refractivity contribution is -0.870. The highest BCUT2D eigenvalue weighted by Gasteiger charge is 2.21. The molecule has 0 aromatic heterocycles. The van der Waals surface area contributed by atoms with Crippen molar-refractivity contribution < 1.29 is 42.1 Å². The molecule has 0 bridgehead atoms. The molecule has 9 nitrogen and oxygen atoms in total. The lowest BCUT2D eigenvalue weighted by Gasteiger charge is -2.28. The van der Waals surface area contributed by atoms with Crippen LogP contribution in [0.2, 0.25) is 0 Å². The van der Waals surface area contributed by atoms with Crippen molar-refractivity contribution in [2.45, 2.75) is 123 Å². The number of phosphoric ester groups is 1. The van der Waals surface area contributed by atoms with Gasteiger partial charge in [-0.3, -0.25) is 14.2 Å². The summed E-state index contributed by atoms with van der Waals surface area (Å²) < 4.78 is 33.3. The first kappa shape index (κ1) is 42.2. The monoisotopic (exact) mass is 643 g/mol. The summed E-state index contributed by atoms with van der Waals surface area (Å²) in [6.45, 7) is 3.88. The summed E-state index contributed by atoms with van der Waals surface area (Å²) in [6, 6.07) is 0. The van der Waals surface area contributed by atoms with Gasteiger partial charge in [0.25, 0.3) is 7.82 Å². The third kappa shape index (κ3) is 30.3. The number of carbonyl (C=O) groups excluding carboxylic acids is 2. The highest BCUT2D eigenvalue weighted by atomic mass is 31.2. The second-order valence-electron chi connectivity index (χ2n) is 12.1. The Labute approximate surface area is 268 Å². The number of likely N-dealkylation sites (N-methyl/N-ethyl adjacent to an activating group) is 1. The first-order valence-corrected chi connectivity index (χ1v) is 18.2. The van der Waals surface area contributed by atoms with E-state index in [1.807, 2.05) is 28.1 Å². The van der Waals surface area contributed by atoms with Crippen LogP contribution in [-0.4, -0.2) is 70.0 Å². The van der Waals surface area contributed by atoms with Gasteiger partial charge in [0.1, 0.15) is 19.8 Å². The molecule has 10 heteroatoms. The molecule has 0 fully saturated rings. The molecule has 0 amide bonds. The van der Waals surface area contributed by atoms with E-state index in [0.717, 1.165) is 57.8 Å². The fraction of sp³-hybridized carbons (Fsp3) is 0.765. The summed E-state index contributed by atoms with van der Waals surface area (Å²) in [6.07, 6.45) is 26.9. The Balaban J connectivity index is 4.29. The van der Waals surface area contributed by atoms with Crippen LogP contribution in [0, 0.1) is 0 Å². The van der Waals surface area contributed by atoms with E-state index in [2.05, 4.69) is 43.4 Å². The number of unbranched alkanes of at least 4 members (excludes halogenated alkanes) is 9. The average Bonchev–Trinajstić information content (AvgIpc) is 2.95. The number of nitrogens with zero attached hydrogens (tertiary/aromatic N) is 1. The van der Waals surface area contributed by atoms with E-state index in [1.54, 1.807) is 0 Å². The number of hydrogen-bond acceptors (Lipinski definition) is 8.